The van der Waals surface area contributed by atoms with Crippen molar-refractivity contribution < 1.29 is 36.3 Å². The number of hydrogen-bond acceptors (Lipinski definition) is 10. The Hall–Kier alpha value is -1.01. The Balaban J connectivity index is 2.08. The van der Waals surface area contributed by atoms with E-state index in [2.05, 4.69) is 17.7 Å². The summed E-state index contributed by atoms with van der Waals surface area (Å²) in [7, 11) is -4.89. The van der Waals surface area contributed by atoms with E-state index in [1.165, 1.54) is 0 Å². The molecule has 0 radical (unpaired) electrons. The molecule has 4 unspecified atom stereocenters. The van der Waals surface area contributed by atoms with Crippen molar-refractivity contribution in [1.29, 1.82) is 10.5 Å². The lowest BCUT2D eigenvalue weighted by Crippen LogP contribution is -2.40. The van der Waals surface area contributed by atoms with Crippen molar-refractivity contribution in [3.05, 3.63) is 0 Å². The molecule has 2 aliphatic heterocycles. The van der Waals surface area contributed by atoms with Gasteiger partial charge in [0.15, 0.2) is 25.9 Å². The van der Waals surface area contributed by atoms with Crippen LogP contribution in [0.2, 0.25) is 0 Å². The van der Waals surface area contributed by atoms with Gasteiger partial charge in [0.1, 0.15) is 25.1 Å². The second kappa shape index (κ2) is 13.9. The molecule has 0 aliphatic carbocycles. The second-order valence-corrected chi connectivity index (χ2v) is 11.1. The molecule has 2 saturated heterocycles. The molecule has 2 aliphatic rings. The van der Waals surface area contributed by atoms with Gasteiger partial charge in [0, 0.05) is 13.1 Å². The third kappa shape index (κ3) is 8.01. The number of rotatable bonds is 14. The largest absolute Gasteiger partial charge is 0.423 e. The van der Waals surface area contributed by atoms with Crippen LogP contribution in [0.1, 0.15) is 26.7 Å². The first kappa shape index (κ1) is 29.2. The summed E-state index contributed by atoms with van der Waals surface area (Å²) in [6.07, 6.45) is 0.117. The maximum Gasteiger partial charge on any atom is 0.423 e. The van der Waals surface area contributed by atoms with E-state index in [1.54, 1.807) is 13.8 Å². The molecule has 14 heteroatoms. The zero-order valence-electron chi connectivity index (χ0n) is 19.3. The van der Waals surface area contributed by atoms with Crippen LogP contribution >= 0.6 is 15.5 Å². The highest BCUT2D eigenvalue weighted by Gasteiger charge is 2.49. The molecule has 2 heterocycles. The molecule has 0 aromatic carbocycles. The van der Waals surface area contributed by atoms with Crippen LogP contribution < -0.4 is 10.8 Å². The Labute approximate surface area is 200 Å². The monoisotopic (exact) mass is 525 g/mol. The minimum absolute atomic E-state index is 0.00133. The van der Waals surface area contributed by atoms with E-state index < -0.39 is 64.5 Å². The second-order valence-electron chi connectivity index (χ2n) is 7.87. The van der Waals surface area contributed by atoms with Gasteiger partial charge in [0.05, 0.1) is 49.9 Å². The van der Waals surface area contributed by atoms with Crippen molar-refractivity contribution in [2.75, 3.05) is 26.3 Å². The van der Waals surface area contributed by atoms with Crippen molar-refractivity contribution in [3.63, 3.8) is 0 Å². The molecule has 2 rings (SSSR count). The van der Waals surface area contributed by atoms with Crippen LogP contribution in [-0.2, 0) is 27.6 Å². The average Bonchev–Trinajstić information content (AvgIpc) is 3.22. The quantitative estimate of drug-likeness (QED) is 0.256. The van der Waals surface area contributed by atoms with Gasteiger partial charge >= 0.3 is 8.00 Å². The zero-order valence-corrected chi connectivity index (χ0v) is 21.1. The molecule has 0 amide bonds. The highest BCUT2D eigenvalue weighted by molar-refractivity contribution is 7.62. The number of nitrogens with one attached hydrogen (secondary N) is 1. The highest BCUT2D eigenvalue weighted by atomic mass is 31.2. The number of nitrogens with zero attached hydrogens (tertiary/aromatic N) is 2. The molecule has 10 nitrogen and oxygen atoms in total. The van der Waals surface area contributed by atoms with Crippen molar-refractivity contribution in [1.82, 2.24) is 5.09 Å². The van der Waals surface area contributed by atoms with Crippen molar-refractivity contribution in [2.24, 2.45) is 5.73 Å². The SMILES string of the molecule is C=[P+](OCCC#N)OC1[C@@H](CNP(=C)(OCCC#N)O[C@@H]2C(F)[C@H](C)O[C@@H]2CN)O[C@@H](C)[C@H]1F. The summed E-state index contributed by atoms with van der Waals surface area (Å²) in [4.78, 5) is 0. The van der Waals surface area contributed by atoms with E-state index in [9.17, 15) is 8.78 Å². The van der Waals surface area contributed by atoms with Crippen LogP contribution in [0.3, 0.4) is 0 Å². The molecular weight excluding hydrogens is 492 g/mol. The standard InChI is InChI=1S/C20H33F2N4O6P2/c1-13-17(21)19(31-33(3)27-9-5-7-23)16(30-13)12-26-34(4,28-10-6-8-24)32-20-15(11-25)29-14(2)18(20)22/h13-20,26H,3-6,9-12,25H2,1-2H3/q+1/t13-,14-,15+,16+,17+,18?,19?,20-,34?/m0/s1. The summed E-state index contributed by atoms with van der Waals surface area (Å²) in [5.74, 6) is 0. The fourth-order valence-corrected chi connectivity index (χ4v) is 6.14. The van der Waals surface area contributed by atoms with E-state index in [0.717, 1.165) is 0 Å². The van der Waals surface area contributed by atoms with Gasteiger partial charge in [-0.15, -0.1) is 4.52 Å². The van der Waals surface area contributed by atoms with Crippen LogP contribution in [-0.4, -0.2) is 87.9 Å². The number of ether oxygens (including phenoxy) is 2. The smallest absolute Gasteiger partial charge is 0.368 e. The zero-order chi connectivity index (χ0) is 25.3. The first-order valence-electron chi connectivity index (χ1n) is 10.9. The van der Waals surface area contributed by atoms with Crippen LogP contribution in [0, 0.1) is 22.7 Å². The normalized spacial score (nSPS) is 35.4. The Bertz CT molecular complexity index is 813. The van der Waals surface area contributed by atoms with Crippen molar-refractivity contribution in [2.45, 2.75) is 75.7 Å². The van der Waals surface area contributed by atoms with Gasteiger partial charge in [-0.1, -0.05) is 0 Å². The Morgan fingerprint density at radius 2 is 1.65 bits per heavy atom. The van der Waals surface area contributed by atoms with Crippen LogP contribution in [0.5, 0.6) is 0 Å². The summed E-state index contributed by atoms with van der Waals surface area (Å²) in [5, 5.41) is 20.5. The number of nitriles is 2. The van der Waals surface area contributed by atoms with Gasteiger partial charge in [-0.2, -0.15) is 15.0 Å². The maximum absolute atomic E-state index is 14.8. The molecule has 2 fully saturated rings. The van der Waals surface area contributed by atoms with E-state index in [0.29, 0.717) is 0 Å². The maximum atomic E-state index is 14.8. The predicted molar refractivity (Wildman–Crippen MR) is 126 cm³/mol. The molecule has 0 bridgehead atoms. The van der Waals surface area contributed by atoms with Gasteiger partial charge in [-0.25, -0.2) is 8.78 Å². The summed E-state index contributed by atoms with van der Waals surface area (Å²) >= 11 is 0. The van der Waals surface area contributed by atoms with Gasteiger partial charge in [-0.3, -0.25) is 5.09 Å². The summed E-state index contributed by atoms with van der Waals surface area (Å²) in [6.45, 7) is 3.32. The molecule has 34 heavy (non-hydrogen) atoms. The third-order valence-corrected chi connectivity index (χ3v) is 8.09. The minimum atomic E-state index is -3.20. The molecular formula is C20H33F2N4O6P2+. The van der Waals surface area contributed by atoms with Crippen LogP contribution in [0.4, 0.5) is 8.78 Å². The van der Waals surface area contributed by atoms with Crippen LogP contribution in [0.15, 0.2) is 0 Å². The summed E-state index contributed by atoms with van der Waals surface area (Å²) in [6, 6.07) is 3.90. The summed E-state index contributed by atoms with van der Waals surface area (Å²) in [5.41, 5.74) is 5.71. The Morgan fingerprint density at radius 1 is 1.06 bits per heavy atom. The first-order chi connectivity index (χ1) is 16.2. The lowest BCUT2D eigenvalue weighted by atomic mass is 10.1. The number of hydrogen-bond donors (Lipinski definition) is 2. The van der Waals surface area contributed by atoms with Gasteiger partial charge in [0.25, 0.3) is 0 Å². The lowest BCUT2D eigenvalue weighted by molar-refractivity contribution is 0.0209. The topological polar surface area (TPSA) is 141 Å². The number of alkyl halides is 2. The summed E-state index contributed by atoms with van der Waals surface area (Å²) < 4.78 is 63.4. The molecule has 0 aromatic heterocycles. The first-order valence-corrected chi connectivity index (χ1v) is 14.1. The average molecular weight is 525 g/mol. The van der Waals surface area contributed by atoms with Crippen molar-refractivity contribution >= 4 is 28.1 Å². The van der Waals surface area contributed by atoms with Crippen LogP contribution in [0.25, 0.3) is 0 Å². The molecule has 3 N–H and O–H groups in total. The molecule has 10 atom stereocenters. The fraction of sp³-hybridized carbons (Fsp3) is 0.800. The molecule has 192 valence electrons. The Morgan fingerprint density at radius 3 is 2.26 bits per heavy atom. The van der Waals surface area contributed by atoms with E-state index in [4.69, 9.17) is 43.8 Å². The molecule has 0 spiro atoms. The van der Waals surface area contributed by atoms with E-state index >= 15 is 0 Å². The number of nitrogens with two attached hydrogens (primary N) is 1. The minimum Gasteiger partial charge on any atom is -0.368 e. The number of halogens is 2. The predicted octanol–water partition coefficient (Wildman–Crippen LogP) is 2.35. The fourth-order valence-electron chi connectivity index (χ4n) is 3.54. The van der Waals surface area contributed by atoms with E-state index in [1.807, 2.05) is 12.1 Å². The van der Waals surface area contributed by atoms with E-state index in [-0.39, 0.29) is 39.1 Å². The van der Waals surface area contributed by atoms with Crippen molar-refractivity contribution in [3.8, 4) is 12.1 Å². The van der Waals surface area contributed by atoms with Gasteiger partial charge < -0.3 is 24.3 Å². The molecule has 0 aromatic rings. The van der Waals surface area contributed by atoms with Gasteiger partial charge in [-0.05, 0) is 20.1 Å². The van der Waals surface area contributed by atoms with Gasteiger partial charge in [0.2, 0.25) is 0 Å². The lowest BCUT2D eigenvalue weighted by Gasteiger charge is -2.31. The third-order valence-electron chi connectivity index (χ3n) is 5.30. The molecule has 0 saturated carbocycles. The highest BCUT2D eigenvalue weighted by Crippen LogP contribution is 2.48. The Kier molecular flexibility index (Phi) is 12.0.